The molecule has 0 aromatic carbocycles. The lowest BCUT2D eigenvalue weighted by Crippen LogP contribution is -2.45. The summed E-state index contributed by atoms with van der Waals surface area (Å²) in [4.78, 5) is 24.5. The van der Waals surface area contributed by atoms with Gasteiger partial charge in [-0.2, -0.15) is 0 Å². The summed E-state index contributed by atoms with van der Waals surface area (Å²) >= 11 is 0. The van der Waals surface area contributed by atoms with Gasteiger partial charge in [0.2, 0.25) is 0 Å². The Morgan fingerprint density at radius 3 is 1.05 bits per heavy atom. The maximum absolute atomic E-state index is 12.3. The Bertz CT molecular complexity index is 588. The van der Waals surface area contributed by atoms with Gasteiger partial charge < -0.3 is 15.3 Å². The van der Waals surface area contributed by atoms with Gasteiger partial charge in [-0.1, -0.05) is 115 Å². The van der Waals surface area contributed by atoms with Crippen LogP contribution in [0.2, 0.25) is 0 Å². The molecule has 40 heavy (non-hydrogen) atoms. The first kappa shape index (κ1) is 38.7. The molecule has 0 fully saturated rings. The maximum atomic E-state index is 12.3. The van der Waals surface area contributed by atoms with Crippen molar-refractivity contribution in [2.24, 2.45) is 0 Å². The largest absolute Gasteiger partial charge is 0.387 e. The third kappa shape index (κ3) is 23.4. The van der Waals surface area contributed by atoms with Gasteiger partial charge in [-0.15, -0.1) is 0 Å². The van der Waals surface area contributed by atoms with Crippen molar-refractivity contribution in [2.45, 2.75) is 186 Å². The number of rotatable bonds is 30. The molecular weight excluding hydrogens is 500 g/mol. The lowest BCUT2D eigenvalue weighted by molar-refractivity contribution is -0.146. The fourth-order valence-electron chi connectivity index (χ4n) is 4.88. The number of unbranched alkanes of at least 4 members (excludes halogenated alkanes) is 18. The minimum atomic E-state index is -1.75. The molecule has 5 heteroatoms. The molecule has 0 radical (unpaired) electrons. The molecule has 2 unspecified atom stereocenters. The molecule has 0 rings (SSSR count). The minimum Gasteiger partial charge on any atom is -0.387 e. The van der Waals surface area contributed by atoms with Crippen LogP contribution in [-0.2, 0) is 9.59 Å². The fraction of sp³-hybridized carbons (Fsp3) is 0.829. The van der Waals surface area contributed by atoms with E-state index in [1.54, 1.807) is 0 Å². The molecule has 2 atom stereocenters. The average molecular weight is 565 g/mol. The van der Waals surface area contributed by atoms with Crippen LogP contribution in [0.4, 0.5) is 0 Å². The molecule has 0 heterocycles. The molecule has 0 bridgehead atoms. The van der Waals surface area contributed by atoms with E-state index in [0.29, 0.717) is 12.8 Å². The zero-order valence-corrected chi connectivity index (χ0v) is 26.2. The summed E-state index contributed by atoms with van der Waals surface area (Å²) in [6.07, 6.45) is 28.9. The lowest BCUT2D eigenvalue weighted by atomic mass is 9.95. The van der Waals surface area contributed by atoms with E-state index in [1.165, 1.54) is 64.2 Å². The van der Waals surface area contributed by atoms with E-state index < -0.39 is 29.9 Å². The van der Waals surface area contributed by atoms with Crippen LogP contribution in [-0.4, -0.2) is 45.2 Å². The van der Waals surface area contributed by atoms with Gasteiger partial charge in [-0.25, -0.2) is 0 Å². The van der Waals surface area contributed by atoms with E-state index in [4.69, 9.17) is 0 Å². The molecule has 0 aliphatic carbocycles. The van der Waals surface area contributed by atoms with E-state index in [2.05, 4.69) is 38.2 Å². The monoisotopic (exact) mass is 564 g/mol. The van der Waals surface area contributed by atoms with Crippen molar-refractivity contribution in [2.75, 3.05) is 0 Å². The highest BCUT2D eigenvalue weighted by Crippen LogP contribution is 2.14. The average Bonchev–Trinajstić information content (AvgIpc) is 2.96. The van der Waals surface area contributed by atoms with Gasteiger partial charge in [0, 0.05) is 12.8 Å². The Labute approximate surface area is 246 Å². The topological polar surface area (TPSA) is 94.8 Å². The first-order valence-electron chi connectivity index (χ1n) is 16.8. The molecule has 0 aliphatic heterocycles. The smallest absolute Gasteiger partial charge is 0.164 e. The highest BCUT2D eigenvalue weighted by Gasteiger charge is 2.33. The van der Waals surface area contributed by atoms with E-state index in [0.717, 1.165) is 64.2 Å². The molecule has 0 spiro atoms. The van der Waals surface area contributed by atoms with Gasteiger partial charge in [0.25, 0.3) is 0 Å². The molecule has 0 amide bonds. The zero-order chi connectivity index (χ0) is 29.7. The Morgan fingerprint density at radius 2 is 0.725 bits per heavy atom. The van der Waals surface area contributed by atoms with Crippen LogP contribution < -0.4 is 0 Å². The van der Waals surface area contributed by atoms with Crippen molar-refractivity contribution < 1.29 is 24.9 Å². The number of carbonyl (C=O) groups excluding carboxylic acids is 2. The van der Waals surface area contributed by atoms with Crippen molar-refractivity contribution in [3.05, 3.63) is 24.3 Å². The summed E-state index contributed by atoms with van der Waals surface area (Å²) < 4.78 is 0. The minimum absolute atomic E-state index is 0.158. The molecule has 0 aliphatic rings. The first-order valence-corrected chi connectivity index (χ1v) is 16.8. The van der Waals surface area contributed by atoms with E-state index in [9.17, 15) is 24.9 Å². The van der Waals surface area contributed by atoms with E-state index in [-0.39, 0.29) is 12.8 Å². The summed E-state index contributed by atoms with van der Waals surface area (Å²) in [7, 11) is 0. The van der Waals surface area contributed by atoms with Crippen molar-refractivity contribution >= 4 is 11.6 Å². The van der Waals surface area contributed by atoms with Gasteiger partial charge in [-0.05, 0) is 64.2 Å². The van der Waals surface area contributed by atoms with Crippen molar-refractivity contribution in [3.63, 3.8) is 0 Å². The van der Waals surface area contributed by atoms with Crippen molar-refractivity contribution in [1.82, 2.24) is 0 Å². The quantitative estimate of drug-likeness (QED) is 0.0599. The summed E-state index contributed by atoms with van der Waals surface area (Å²) in [5.41, 5.74) is 0. The van der Waals surface area contributed by atoms with Crippen LogP contribution in [0.3, 0.4) is 0 Å². The number of Topliss-reactive ketones (excluding diaryl/α,β-unsaturated/α-hetero) is 2. The van der Waals surface area contributed by atoms with Gasteiger partial charge in [0.05, 0.1) is 0 Å². The van der Waals surface area contributed by atoms with Crippen molar-refractivity contribution in [1.29, 1.82) is 0 Å². The molecule has 0 saturated carbocycles. The second-order valence-corrected chi connectivity index (χ2v) is 11.6. The third-order valence-electron chi connectivity index (χ3n) is 7.68. The summed E-state index contributed by atoms with van der Waals surface area (Å²) in [6, 6.07) is 0. The third-order valence-corrected chi connectivity index (χ3v) is 7.68. The van der Waals surface area contributed by atoms with E-state index >= 15 is 0 Å². The van der Waals surface area contributed by atoms with Gasteiger partial charge in [0.1, 0.15) is 18.3 Å². The van der Waals surface area contributed by atoms with Crippen LogP contribution in [0.25, 0.3) is 0 Å². The normalized spacial score (nSPS) is 14.2. The van der Waals surface area contributed by atoms with Crippen molar-refractivity contribution in [3.8, 4) is 0 Å². The molecule has 0 saturated heterocycles. The Balaban J connectivity index is 3.80. The van der Waals surface area contributed by atoms with Gasteiger partial charge in [0.15, 0.2) is 11.6 Å². The van der Waals surface area contributed by atoms with Crippen LogP contribution >= 0.6 is 0 Å². The van der Waals surface area contributed by atoms with Crippen LogP contribution in [0.1, 0.15) is 168 Å². The van der Waals surface area contributed by atoms with Crippen LogP contribution in [0.5, 0.6) is 0 Å². The number of hydrogen-bond acceptors (Lipinski definition) is 5. The molecular formula is C35H64O5. The first-order chi connectivity index (χ1) is 19.5. The summed E-state index contributed by atoms with van der Waals surface area (Å²) in [5.74, 6) is -0.999. The van der Waals surface area contributed by atoms with E-state index in [1.807, 2.05) is 0 Å². The fourth-order valence-corrected chi connectivity index (χ4v) is 4.88. The highest BCUT2D eigenvalue weighted by atomic mass is 16.4. The zero-order valence-electron chi connectivity index (χ0n) is 26.2. The van der Waals surface area contributed by atoms with Gasteiger partial charge in [-0.3, -0.25) is 9.59 Å². The second-order valence-electron chi connectivity index (χ2n) is 11.6. The Kier molecular flexibility index (Phi) is 28.3. The molecule has 0 aromatic rings. The molecule has 234 valence electrons. The van der Waals surface area contributed by atoms with Crippen LogP contribution in [0, 0.1) is 0 Å². The molecule has 3 N–H and O–H groups in total. The molecule has 5 nitrogen and oxygen atoms in total. The number of ketones is 2. The SMILES string of the molecule is CCCCCC/C=C\CCCCCCCC(=O)C(O)C(O)C(O)C(=O)CCCCCCC/C=C\CCCCCC. The molecule has 0 aromatic heterocycles. The lowest BCUT2D eigenvalue weighted by Gasteiger charge is -2.21. The van der Waals surface area contributed by atoms with Crippen LogP contribution in [0.15, 0.2) is 24.3 Å². The summed E-state index contributed by atoms with van der Waals surface area (Å²) in [5, 5.41) is 30.5. The predicted octanol–water partition coefficient (Wildman–Crippen LogP) is 8.72. The standard InChI is InChI=1S/C35H64O5/c1-3-5-7-9-11-13-15-17-19-21-23-25-27-29-31(36)33(38)35(40)34(39)32(37)30-28-26-24-22-20-18-16-14-12-10-8-6-4-2/h13-16,33-35,38-40H,3-12,17-30H2,1-2H3/b15-13-,16-14-. The maximum Gasteiger partial charge on any atom is 0.164 e. The number of hydrogen-bond donors (Lipinski definition) is 3. The predicted molar refractivity (Wildman–Crippen MR) is 168 cm³/mol. The summed E-state index contributed by atoms with van der Waals surface area (Å²) in [6.45, 7) is 4.45. The Hall–Kier alpha value is -1.30. The Morgan fingerprint density at radius 1 is 0.450 bits per heavy atom. The number of carbonyl (C=O) groups is 2. The highest BCUT2D eigenvalue weighted by molar-refractivity contribution is 5.87. The number of aliphatic hydroxyl groups is 3. The van der Waals surface area contributed by atoms with Gasteiger partial charge >= 0.3 is 0 Å². The number of aliphatic hydroxyl groups excluding tert-OH is 3. The number of allylic oxidation sites excluding steroid dienone is 4. The second kappa shape index (κ2) is 29.2.